The molecule has 1 aromatic heterocycles. The smallest absolute Gasteiger partial charge is 0.301 e. The Kier molecular flexibility index (Phi) is 9.75. The molecular weight excluding hydrogens is 637 g/mol. The van der Waals surface area contributed by atoms with Crippen molar-refractivity contribution in [3.63, 3.8) is 0 Å². The van der Waals surface area contributed by atoms with Crippen LogP contribution in [0.5, 0.6) is 5.75 Å². The summed E-state index contributed by atoms with van der Waals surface area (Å²) in [5.74, 6) is -0.780. The molecule has 1 fully saturated rings. The fraction of sp³-hybridized carbons (Fsp3) is 0.200. The Morgan fingerprint density at radius 2 is 1.71 bits per heavy atom. The van der Waals surface area contributed by atoms with Gasteiger partial charge in [-0.25, -0.2) is 0 Å². The second-order valence-corrected chi connectivity index (χ2v) is 12.8. The van der Waals surface area contributed by atoms with Crippen LogP contribution < -0.4 is 9.64 Å². The number of unbranched alkanes of at least 4 members (excludes halogenated alkanes) is 1. The molecule has 12 heteroatoms. The second kappa shape index (κ2) is 13.5. The van der Waals surface area contributed by atoms with Crippen LogP contribution in [-0.2, 0) is 15.3 Å². The summed E-state index contributed by atoms with van der Waals surface area (Å²) in [7, 11) is 0. The first kappa shape index (κ1) is 30.4. The van der Waals surface area contributed by atoms with E-state index in [2.05, 4.69) is 17.1 Å². The van der Waals surface area contributed by atoms with E-state index in [1.165, 1.54) is 28.0 Å². The van der Waals surface area contributed by atoms with Crippen molar-refractivity contribution in [1.82, 2.24) is 10.2 Å². The van der Waals surface area contributed by atoms with Crippen LogP contribution in [0.2, 0.25) is 15.1 Å². The van der Waals surface area contributed by atoms with E-state index >= 15 is 0 Å². The van der Waals surface area contributed by atoms with Gasteiger partial charge in [-0.15, -0.1) is 10.2 Å². The van der Waals surface area contributed by atoms with Crippen molar-refractivity contribution in [3.8, 4) is 5.75 Å². The highest BCUT2D eigenvalue weighted by atomic mass is 35.5. The minimum Gasteiger partial charge on any atom is -0.507 e. The van der Waals surface area contributed by atoms with Gasteiger partial charge in [-0.2, -0.15) is 0 Å². The number of aliphatic hydroxyl groups excluding tert-OH is 1. The predicted molar refractivity (Wildman–Crippen MR) is 169 cm³/mol. The number of carbonyl (C=O) groups is 2. The number of hydrogen-bond donors (Lipinski definition) is 1. The highest BCUT2D eigenvalue weighted by molar-refractivity contribution is 8.00. The predicted octanol–water partition coefficient (Wildman–Crippen LogP) is 8.60. The van der Waals surface area contributed by atoms with Gasteiger partial charge in [-0.05, 0) is 66.1 Å². The first-order chi connectivity index (χ1) is 20.3. The summed E-state index contributed by atoms with van der Waals surface area (Å²) in [5, 5.41) is 21.6. The van der Waals surface area contributed by atoms with Gasteiger partial charge in [0, 0.05) is 26.4 Å². The number of aliphatic hydroxyl groups is 1. The molecule has 4 aromatic rings. The number of aromatic nitrogens is 2. The number of hydrogen-bond acceptors (Lipinski definition) is 8. The molecule has 0 bridgehead atoms. The lowest BCUT2D eigenvalue weighted by atomic mass is 9.95. The van der Waals surface area contributed by atoms with E-state index in [1.807, 2.05) is 6.07 Å². The van der Waals surface area contributed by atoms with E-state index in [0.29, 0.717) is 48.6 Å². The monoisotopic (exact) mass is 659 g/mol. The van der Waals surface area contributed by atoms with Crippen LogP contribution in [0.15, 0.2) is 76.6 Å². The summed E-state index contributed by atoms with van der Waals surface area (Å²) in [6.45, 7) is 2.66. The van der Waals surface area contributed by atoms with Crippen molar-refractivity contribution in [1.29, 1.82) is 0 Å². The zero-order chi connectivity index (χ0) is 29.8. The molecule has 0 aliphatic carbocycles. The summed E-state index contributed by atoms with van der Waals surface area (Å²) in [4.78, 5) is 28.2. The zero-order valence-electron chi connectivity index (χ0n) is 22.2. The van der Waals surface area contributed by atoms with Crippen molar-refractivity contribution < 1.29 is 19.4 Å². The SMILES string of the molecule is CCCCOc1ccc(C2/C(=C(/O)c3ccc(Cl)cc3)C(=O)C(=O)N2c2nnc(SCc3ccc(Cl)cc3Cl)s2)cc1. The van der Waals surface area contributed by atoms with Gasteiger partial charge >= 0.3 is 5.91 Å². The number of nitrogens with zero attached hydrogens (tertiary/aromatic N) is 3. The van der Waals surface area contributed by atoms with Crippen molar-refractivity contribution in [3.05, 3.63) is 104 Å². The summed E-state index contributed by atoms with van der Waals surface area (Å²) < 4.78 is 6.37. The van der Waals surface area contributed by atoms with E-state index in [0.717, 1.165) is 18.4 Å². The van der Waals surface area contributed by atoms with Crippen molar-refractivity contribution in [2.24, 2.45) is 0 Å². The molecule has 42 heavy (non-hydrogen) atoms. The third-order valence-corrected chi connectivity index (χ3v) is 9.44. The Morgan fingerprint density at radius 3 is 2.40 bits per heavy atom. The van der Waals surface area contributed by atoms with Gasteiger partial charge < -0.3 is 9.84 Å². The first-order valence-corrected chi connectivity index (χ1v) is 15.9. The molecule has 2 heterocycles. The number of ether oxygens (including phenoxy) is 1. The van der Waals surface area contributed by atoms with Gasteiger partial charge in [0.05, 0.1) is 18.2 Å². The molecule has 1 atom stereocenters. The number of rotatable bonds is 10. The van der Waals surface area contributed by atoms with E-state index < -0.39 is 17.7 Å². The number of benzene rings is 3. The molecule has 1 unspecified atom stereocenters. The summed E-state index contributed by atoms with van der Waals surface area (Å²) in [6, 6.07) is 17.8. The average Bonchev–Trinajstić information content (AvgIpc) is 3.55. The van der Waals surface area contributed by atoms with Crippen LogP contribution in [0, 0.1) is 0 Å². The molecule has 3 aromatic carbocycles. The van der Waals surface area contributed by atoms with Crippen molar-refractivity contribution in [2.75, 3.05) is 11.5 Å². The lowest BCUT2D eigenvalue weighted by Crippen LogP contribution is -2.29. The average molecular weight is 661 g/mol. The van der Waals surface area contributed by atoms with Gasteiger partial charge in [-0.3, -0.25) is 14.5 Å². The number of thioether (sulfide) groups is 1. The molecule has 1 amide bonds. The lowest BCUT2D eigenvalue weighted by Gasteiger charge is -2.22. The summed E-state index contributed by atoms with van der Waals surface area (Å²) in [5.41, 5.74) is 1.77. The minimum atomic E-state index is -0.943. The van der Waals surface area contributed by atoms with Crippen LogP contribution >= 0.6 is 57.9 Å². The molecule has 1 aliphatic heterocycles. The quantitative estimate of drug-likeness (QED) is 0.0455. The van der Waals surface area contributed by atoms with Gasteiger partial charge in [0.2, 0.25) is 5.13 Å². The van der Waals surface area contributed by atoms with Gasteiger partial charge in [-0.1, -0.05) is 89.4 Å². The van der Waals surface area contributed by atoms with Gasteiger partial charge in [0.1, 0.15) is 11.5 Å². The number of amides is 1. The van der Waals surface area contributed by atoms with E-state index in [9.17, 15) is 14.7 Å². The van der Waals surface area contributed by atoms with Crippen LogP contribution in [0.4, 0.5) is 5.13 Å². The van der Waals surface area contributed by atoms with Gasteiger partial charge in [0.25, 0.3) is 5.78 Å². The van der Waals surface area contributed by atoms with Crippen molar-refractivity contribution >= 4 is 80.5 Å². The number of ketones is 1. The minimum absolute atomic E-state index is 0.0562. The third-order valence-electron chi connectivity index (χ3n) is 6.49. The highest BCUT2D eigenvalue weighted by Crippen LogP contribution is 2.44. The Morgan fingerprint density at radius 1 is 1.00 bits per heavy atom. The molecule has 0 saturated carbocycles. The van der Waals surface area contributed by atoms with Crippen LogP contribution in [0.25, 0.3) is 5.76 Å². The third kappa shape index (κ3) is 6.61. The molecule has 5 rings (SSSR count). The van der Waals surface area contributed by atoms with Crippen LogP contribution in [0.1, 0.15) is 42.5 Å². The number of Topliss-reactive ketones (excluding diaryl/α,β-unsaturated/α-hetero) is 1. The normalized spacial score (nSPS) is 16.3. The molecule has 216 valence electrons. The topological polar surface area (TPSA) is 92.6 Å². The highest BCUT2D eigenvalue weighted by Gasteiger charge is 2.48. The molecule has 1 N–H and O–H groups in total. The lowest BCUT2D eigenvalue weighted by molar-refractivity contribution is -0.132. The Hall–Kier alpha value is -3.08. The molecule has 0 spiro atoms. The Labute approximate surface area is 266 Å². The van der Waals surface area contributed by atoms with E-state index in [1.54, 1.807) is 60.7 Å². The van der Waals surface area contributed by atoms with Crippen LogP contribution in [0.3, 0.4) is 0 Å². The second-order valence-electron chi connectivity index (χ2n) is 9.32. The standard InChI is InChI=1S/C30H24Cl3N3O4S2/c1-2-3-14-40-22-12-7-17(8-13-22)25-24(26(37)18-4-9-20(31)10-5-18)27(38)28(39)36(25)29-34-35-30(42-29)41-16-19-6-11-21(32)15-23(19)33/h4-13,15,25,37H,2-3,14,16H2,1H3/b26-24-. The Bertz CT molecular complexity index is 1640. The summed E-state index contributed by atoms with van der Waals surface area (Å²) in [6.07, 6.45) is 1.93. The first-order valence-electron chi connectivity index (χ1n) is 13.0. The fourth-order valence-corrected chi connectivity index (χ4v) is 6.88. The van der Waals surface area contributed by atoms with Gasteiger partial charge in [0.15, 0.2) is 4.34 Å². The maximum atomic E-state index is 13.5. The zero-order valence-corrected chi connectivity index (χ0v) is 26.1. The maximum Gasteiger partial charge on any atom is 0.301 e. The molecule has 0 radical (unpaired) electrons. The summed E-state index contributed by atoms with van der Waals surface area (Å²) >= 11 is 20.9. The van der Waals surface area contributed by atoms with Crippen LogP contribution in [-0.4, -0.2) is 33.6 Å². The number of carbonyl (C=O) groups excluding carboxylic acids is 2. The molecule has 7 nitrogen and oxygen atoms in total. The molecule has 1 saturated heterocycles. The molecule has 1 aliphatic rings. The Balaban J connectivity index is 1.50. The van der Waals surface area contributed by atoms with Crippen molar-refractivity contribution in [2.45, 2.75) is 35.9 Å². The number of anilines is 1. The largest absolute Gasteiger partial charge is 0.507 e. The molecular formula is C30H24Cl3N3O4S2. The maximum absolute atomic E-state index is 13.5. The van der Waals surface area contributed by atoms with E-state index in [4.69, 9.17) is 39.5 Å². The number of halogens is 3. The fourth-order valence-electron chi connectivity index (χ4n) is 4.33. The van der Waals surface area contributed by atoms with E-state index in [-0.39, 0.29) is 16.5 Å².